The fourth-order valence-corrected chi connectivity index (χ4v) is 3.13. The summed E-state index contributed by atoms with van der Waals surface area (Å²) in [5, 5.41) is 0. The molecule has 0 rings (SSSR count). The molecule has 0 bridgehead atoms. The molecule has 20 heavy (non-hydrogen) atoms. The van der Waals surface area contributed by atoms with E-state index in [9.17, 15) is 0 Å². The molecule has 0 heterocycles. The van der Waals surface area contributed by atoms with Crippen molar-refractivity contribution in [2.45, 2.75) is 92.4 Å². The minimum atomic E-state index is 0.847. The standard InChI is InChI=1S/C20H40/c1-7-10-12-17(4)14-15-20(9-3)16-19(6)18(5)13-11-8-2/h8,17-20H,2,7,9-16H2,1,3-6H3. The molecule has 0 aliphatic heterocycles. The smallest absolute Gasteiger partial charge is 0.0351 e. The Balaban J connectivity index is 3.97. The highest BCUT2D eigenvalue weighted by molar-refractivity contribution is 4.73. The number of hydrogen-bond acceptors (Lipinski definition) is 0. The zero-order valence-corrected chi connectivity index (χ0v) is 15.0. The molecule has 0 aromatic carbocycles. The van der Waals surface area contributed by atoms with Crippen LogP contribution in [0.2, 0.25) is 0 Å². The zero-order chi connectivity index (χ0) is 15.4. The van der Waals surface area contributed by atoms with Crippen LogP contribution in [0.25, 0.3) is 0 Å². The molecular formula is C20H40. The first-order valence-corrected chi connectivity index (χ1v) is 9.15. The fraction of sp³-hybridized carbons (Fsp3) is 0.900. The summed E-state index contributed by atoms with van der Waals surface area (Å²) >= 11 is 0. The Kier molecular flexibility index (Phi) is 12.3. The van der Waals surface area contributed by atoms with E-state index in [-0.39, 0.29) is 0 Å². The second-order valence-electron chi connectivity index (χ2n) is 7.16. The van der Waals surface area contributed by atoms with Crippen molar-refractivity contribution in [3.63, 3.8) is 0 Å². The van der Waals surface area contributed by atoms with E-state index in [4.69, 9.17) is 0 Å². The molecule has 0 aliphatic carbocycles. The van der Waals surface area contributed by atoms with Gasteiger partial charge in [0.2, 0.25) is 0 Å². The van der Waals surface area contributed by atoms with Crippen LogP contribution in [0.15, 0.2) is 12.7 Å². The van der Waals surface area contributed by atoms with Gasteiger partial charge in [0.05, 0.1) is 0 Å². The van der Waals surface area contributed by atoms with E-state index in [0.717, 1.165) is 23.7 Å². The van der Waals surface area contributed by atoms with Gasteiger partial charge in [-0.2, -0.15) is 0 Å². The van der Waals surface area contributed by atoms with Crippen LogP contribution in [0.5, 0.6) is 0 Å². The third-order valence-electron chi connectivity index (χ3n) is 5.20. The highest BCUT2D eigenvalue weighted by Gasteiger charge is 2.17. The van der Waals surface area contributed by atoms with Gasteiger partial charge in [-0.3, -0.25) is 0 Å². The van der Waals surface area contributed by atoms with Crippen LogP contribution in [0.4, 0.5) is 0 Å². The lowest BCUT2D eigenvalue weighted by molar-refractivity contribution is 0.264. The van der Waals surface area contributed by atoms with Crippen molar-refractivity contribution in [3.05, 3.63) is 12.7 Å². The van der Waals surface area contributed by atoms with Gasteiger partial charge in [0.1, 0.15) is 0 Å². The van der Waals surface area contributed by atoms with Crippen molar-refractivity contribution >= 4 is 0 Å². The van der Waals surface area contributed by atoms with E-state index in [0.29, 0.717) is 0 Å². The summed E-state index contributed by atoms with van der Waals surface area (Å²) < 4.78 is 0. The number of rotatable bonds is 13. The Labute approximate surface area is 129 Å². The minimum absolute atomic E-state index is 0.847. The molecule has 0 saturated carbocycles. The second kappa shape index (κ2) is 12.5. The fourth-order valence-electron chi connectivity index (χ4n) is 3.13. The average Bonchev–Trinajstić information content (AvgIpc) is 2.46. The molecule has 0 saturated heterocycles. The van der Waals surface area contributed by atoms with E-state index in [1.165, 1.54) is 57.8 Å². The Morgan fingerprint density at radius 3 is 2.15 bits per heavy atom. The summed E-state index contributed by atoms with van der Waals surface area (Å²) in [6.07, 6.45) is 14.4. The molecule has 0 nitrogen and oxygen atoms in total. The highest BCUT2D eigenvalue weighted by Crippen LogP contribution is 2.29. The molecule has 0 N–H and O–H groups in total. The van der Waals surface area contributed by atoms with E-state index >= 15 is 0 Å². The molecule has 4 unspecified atom stereocenters. The molecule has 0 aliphatic rings. The van der Waals surface area contributed by atoms with Gasteiger partial charge in [0.25, 0.3) is 0 Å². The van der Waals surface area contributed by atoms with Gasteiger partial charge in [-0.15, -0.1) is 6.58 Å². The van der Waals surface area contributed by atoms with Crippen molar-refractivity contribution in [3.8, 4) is 0 Å². The predicted octanol–water partition coefficient (Wildman–Crippen LogP) is 7.25. The number of hydrogen-bond donors (Lipinski definition) is 0. The Hall–Kier alpha value is -0.260. The van der Waals surface area contributed by atoms with Crippen molar-refractivity contribution in [1.82, 2.24) is 0 Å². The predicted molar refractivity (Wildman–Crippen MR) is 94.1 cm³/mol. The first-order chi connectivity index (χ1) is 9.54. The van der Waals surface area contributed by atoms with Gasteiger partial charge in [0.15, 0.2) is 0 Å². The van der Waals surface area contributed by atoms with Crippen molar-refractivity contribution < 1.29 is 0 Å². The summed E-state index contributed by atoms with van der Waals surface area (Å²) in [5.41, 5.74) is 0. The summed E-state index contributed by atoms with van der Waals surface area (Å²) in [6, 6.07) is 0. The maximum Gasteiger partial charge on any atom is -0.0351 e. The van der Waals surface area contributed by atoms with Gasteiger partial charge >= 0.3 is 0 Å². The molecular weight excluding hydrogens is 240 g/mol. The third-order valence-corrected chi connectivity index (χ3v) is 5.20. The van der Waals surface area contributed by atoms with E-state index in [1.54, 1.807) is 0 Å². The van der Waals surface area contributed by atoms with Crippen LogP contribution in [-0.4, -0.2) is 0 Å². The lowest BCUT2D eigenvalue weighted by Gasteiger charge is -2.25. The minimum Gasteiger partial charge on any atom is -0.103 e. The molecule has 120 valence electrons. The maximum absolute atomic E-state index is 3.84. The molecule has 0 amide bonds. The van der Waals surface area contributed by atoms with Crippen LogP contribution < -0.4 is 0 Å². The van der Waals surface area contributed by atoms with Gasteiger partial charge in [-0.05, 0) is 42.9 Å². The normalized spacial score (nSPS) is 17.4. The van der Waals surface area contributed by atoms with Crippen LogP contribution >= 0.6 is 0 Å². The molecule has 0 aromatic heterocycles. The average molecular weight is 281 g/mol. The topological polar surface area (TPSA) is 0 Å². The number of unbranched alkanes of at least 4 members (excludes halogenated alkanes) is 1. The maximum atomic E-state index is 3.84. The summed E-state index contributed by atoms with van der Waals surface area (Å²) in [6.45, 7) is 15.8. The first kappa shape index (κ1) is 19.7. The molecule has 0 fully saturated rings. The molecule has 0 spiro atoms. The summed E-state index contributed by atoms with van der Waals surface area (Å²) in [7, 11) is 0. The molecule has 0 radical (unpaired) electrons. The van der Waals surface area contributed by atoms with Gasteiger partial charge in [-0.25, -0.2) is 0 Å². The van der Waals surface area contributed by atoms with Gasteiger partial charge in [0, 0.05) is 0 Å². The van der Waals surface area contributed by atoms with Crippen LogP contribution in [-0.2, 0) is 0 Å². The third kappa shape index (κ3) is 9.61. The summed E-state index contributed by atoms with van der Waals surface area (Å²) in [4.78, 5) is 0. The molecule has 4 atom stereocenters. The van der Waals surface area contributed by atoms with E-state index in [2.05, 4.69) is 47.3 Å². The highest BCUT2D eigenvalue weighted by atomic mass is 14.2. The quantitative estimate of drug-likeness (QED) is 0.312. The van der Waals surface area contributed by atoms with Gasteiger partial charge in [-0.1, -0.05) is 79.2 Å². The Bertz CT molecular complexity index is 218. The zero-order valence-electron chi connectivity index (χ0n) is 15.0. The largest absolute Gasteiger partial charge is 0.103 e. The van der Waals surface area contributed by atoms with Crippen LogP contribution in [0.3, 0.4) is 0 Å². The van der Waals surface area contributed by atoms with E-state index < -0.39 is 0 Å². The van der Waals surface area contributed by atoms with Crippen LogP contribution in [0, 0.1) is 23.7 Å². The monoisotopic (exact) mass is 280 g/mol. The lowest BCUT2D eigenvalue weighted by Crippen LogP contribution is -2.14. The SMILES string of the molecule is C=CCCC(C)C(C)CC(CC)CCC(C)CCCC. The van der Waals surface area contributed by atoms with Crippen molar-refractivity contribution in [1.29, 1.82) is 0 Å². The second-order valence-corrected chi connectivity index (χ2v) is 7.16. The summed E-state index contributed by atoms with van der Waals surface area (Å²) in [5.74, 6) is 3.59. The van der Waals surface area contributed by atoms with Crippen molar-refractivity contribution in [2.24, 2.45) is 23.7 Å². The number of allylic oxidation sites excluding steroid dienone is 1. The van der Waals surface area contributed by atoms with Gasteiger partial charge < -0.3 is 0 Å². The van der Waals surface area contributed by atoms with Crippen LogP contribution in [0.1, 0.15) is 92.4 Å². The first-order valence-electron chi connectivity index (χ1n) is 9.15. The lowest BCUT2D eigenvalue weighted by atomic mass is 9.81. The molecule has 0 heteroatoms. The van der Waals surface area contributed by atoms with Crippen molar-refractivity contribution in [2.75, 3.05) is 0 Å². The molecule has 0 aromatic rings. The Morgan fingerprint density at radius 1 is 0.900 bits per heavy atom. The Morgan fingerprint density at radius 2 is 1.60 bits per heavy atom. The van der Waals surface area contributed by atoms with E-state index in [1.807, 2.05) is 0 Å².